The zero-order valence-electron chi connectivity index (χ0n) is 8.89. The third-order valence-corrected chi connectivity index (χ3v) is 2.43. The summed E-state index contributed by atoms with van der Waals surface area (Å²) in [6.07, 6.45) is 0. The van der Waals surface area contributed by atoms with Gasteiger partial charge in [-0.15, -0.1) is 11.3 Å². The van der Waals surface area contributed by atoms with Crippen molar-refractivity contribution in [3.05, 3.63) is 29.1 Å². The fourth-order valence-electron chi connectivity index (χ4n) is 1.18. The first kappa shape index (κ1) is 10.8. The Morgan fingerprint density at radius 1 is 1.06 bits per heavy atom. The van der Waals surface area contributed by atoms with E-state index >= 15 is 0 Å². The van der Waals surface area contributed by atoms with E-state index in [1.807, 2.05) is 0 Å². The van der Waals surface area contributed by atoms with Crippen molar-refractivity contribution >= 4 is 11.3 Å². The van der Waals surface area contributed by atoms with E-state index in [9.17, 15) is 0 Å². The number of ether oxygens (including phenoxy) is 3. The molecule has 83 valence electrons. The van der Waals surface area contributed by atoms with E-state index in [0.717, 1.165) is 0 Å². The largest absolute Gasteiger partial charge is 0.496 e. The van der Waals surface area contributed by atoms with E-state index in [0.29, 0.717) is 23.1 Å². The highest BCUT2D eigenvalue weighted by Crippen LogP contribution is 2.30. The van der Waals surface area contributed by atoms with Crippen molar-refractivity contribution < 1.29 is 14.2 Å². The Kier molecular flexibility index (Phi) is 3.26. The molecule has 1 heterocycles. The normalized spacial score (nSPS) is 9.88. The molecule has 0 fully saturated rings. The first-order chi connectivity index (χ1) is 7.81. The SMILES string of the molecule is COc1cc(OC)cc(Oc2cs[c]n2)c1. The minimum atomic E-state index is 0.514. The minimum absolute atomic E-state index is 0.514. The second kappa shape index (κ2) is 4.85. The second-order valence-corrected chi connectivity index (χ2v) is 3.58. The van der Waals surface area contributed by atoms with Gasteiger partial charge in [0, 0.05) is 18.2 Å². The van der Waals surface area contributed by atoms with Crippen LogP contribution in [0.15, 0.2) is 23.6 Å². The molecule has 1 radical (unpaired) electrons. The Labute approximate surface area is 97.4 Å². The minimum Gasteiger partial charge on any atom is -0.496 e. The molecule has 2 aromatic rings. The van der Waals surface area contributed by atoms with Gasteiger partial charge >= 0.3 is 0 Å². The molecule has 2 rings (SSSR count). The van der Waals surface area contributed by atoms with Gasteiger partial charge in [-0.1, -0.05) is 0 Å². The summed E-state index contributed by atoms with van der Waals surface area (Å²) in [5.74, 6) is 2.48. The summed E-state index contributed by atoms with van der Waals surface area (Å²) >= 11 is 1.36. The Balaban J connectivity index is 2.26. The first-order valence-corrected chi connectivity index (χ1v) is 5.42. The number of rotatable bonds is 4. The molecule has 0 spiro atoms. The summed E-state index contributed by atoms with van der Waals surface area (Å²) in [6.45, 7) is 0. The first-order valence-electron chi connectivity index (χ1n) is 4.54. The van der Waals surface area contributed by atoms with Gasteiger partial charge in [-0.25, -0.2) is 0 Å². The molecule has 0 aliphatic heterocycles. The van der Waals surface area contributed by atoms with E-state index in [1.165, 1.54) is 11.3 Å². The summed E-state index contributed by atoms with van der Waals surface area (Å²) in [5.41, 5.74) is 2.71. The topological polar surface area (TPSA) is 40.6 Å². The molecular weight excluding hydrogens is 226 g/mol. The smallest absolute Gasteiger partial charge is 0.230 e. The van der Waals surface area contributed by atoms with Gasteiger partial charge in [-0.2, -0.15) is 4.98 Å². The third kappa shape index (κ3) is 2.43. The van der Waals surface area contributed by atoms with Gasteiger partial charge in [0.2, 0.25) is 5.88 Å². The van der Waals surface area contributed by atoms with Gasteiger partial charge in [0.05, 0.1) is 19.6 Å². The molecule has 0 N–H and O–H groups in total. The molecule has 0 amide bonds. The van der Waals surface area contributed by atoms with Crippen molar-refractivity contribution in [1.29, 1.82) is 0 Å². The maximum atomic E-state index is 5.51. The van der Waals surface area contributed by atoms with Gasteiger partial charge < -0.3 is 14.2 Å². The van der Waals surface area contributed by atoms with Gasteiger partial charge in [-0.3, -0.25) is 0 Å². The molecule has 0 aliphatic carbocycles. The number of benzene rings is 1. The van der Waals surface area contributed by atoms with Crippen LogP contribution in [-0.2, 0) is 0 Å². The summed E-state index contributed by atoms with van der Waals surface area (Å²) in [4.78, 5) is 3.91. The molecule has 4 nitrogen and oxygen atoms in total. The fraction of sp³-hybridized carbons (Fsp3) is 0.182. The zero-order valence-corrected chi connectivity index (χ0v) is 9.71. The van der Waals surface area contributed by atoms with Crippen LogP contribution in [0.4, 0.5) is 0 Å². The molecule has 1 aromatic carbocycles. The summed E-state index contributed by atoms with van der Waals surface area (Å²) < 4.78 is 15.8. The Morgan fingerprint density at radius 2 is 1.69 bits per heavy atom. The maximum Gasteiger partial charge on any atom is 0.230 e. The lowest BCUT2D eigenvalue weighted by atomic mass is 10.3. The van der Waals surface area contributed by atoms with Crippen LogP contribution >= 0.6 is 11.3 Å². The van der Waals surface area contributed by atoms with Crippen LogP contribution in [0.3, 0.4) is 0 Å². The van der Waals surface area contributed by atoms with Crippen LogP contribution < -0.4 is 14.2 Å². The van der Waals surface area contributed by atoms with Crippen molar-refractivity contribution in [1.82, 2.24) is 4.98 Å². The number of hydrogen-bond acceptors (Lipinski definition) is 5. The van der Waals surface area contributed by atoms with Crippen LogP contribution in [0.25, 0.3) is 0 Å². The van der Waals surface area contributed by atoms with Crippen LogP contribution in [0, 0.1) is 5.51 Å². The van der Waals surface area contributed by atoms with Crippen molar-refractivity contribution in [3.8, 4) is 23.1 Å². The van der Waals surface area contributed by atoms with Gasteiger partial charge in [0.1, 0.15) is 17.2 Å². The van der Waals surface area contributed by atoms with E-state index in [4.69, 9.17) is 14.2 Å². The third-order valence-electron chi connectivity index (χ3n) is 1.92. The lowest BCUT2D eigenvalue weighted by Crippen LogP contribution is -1.90. The molecular formula is C11H10NO3S. The van der Waals surface area contributed by atoms with Crippen LogP contribution in [0.2, 0.25) is 0 Å². The van der Waals surface area contributed by atoms with E-state index in [1.54, 1.807) is 37.8 Å². The average molecular weight is 236 g/mol. The highest BCUT2D eigenvalue weighted by atomic mass is 32.1. The molecule has 0 unspecified atom stereocenters. The quantitative estimate of drug-likeness (QED) is 0.818. The second-order valence-electron chi connectivity index (χ2n) is 2.93. The molecule has 0 saturated heterocycles. The van der Waals surface area contributed by atoms with Crippen LogP contribution in [0.1, 0.15) is 0 Å². The number of methoxy groups -OCH3 is 2. The van der Waals surface area contributed by atoms with Gasteiger partial charge in [0.25, 0.3) is 0 Å². The van der Waals surface area contributed by atoms with E-state index in [-0.39, 0.29) is 0 Å². The Morgan fingerprint density at radius 3 is 2.19 bits per heavy atom. The van der Waals surface area contributed by atoms with Crippen LogP contribution in [0.5, 0.6) is 23.1 Å². The fourth-order valence-corrected chi connectivity index (χ4v) is 1.58. The molecule has 0 atom stereocenters. The molecule has 16 heavy (non-hydrogen) atoms. The zero-order chi connectivity index (χ0) is 11.4. The predicted octanol–water partition coefficient (Wildman–Crippen LogP) is 2.75. The number of thiazole rings is 1. The van der Waals surface area contributed by atoms with Crippen molar-refractivity contribution in [3.63, 3.8) is 0 Å². The van der Waals surface area contributed by atoms with E-state index in [2.05, 4.69) is 10.5 Å². The molecule has 1 aromatic heterocycles. The lowest BCUT2D eigenvalue weighted by molar-refractivity contribution is 0.385. The van der Waals surface area contributed by atoms with Crippen molar-refractivity contribution in [2.24, 2.45) is 0 Å². The van der Waals surface area contributed by atoms with Crippen LogP contribution in [-0.4, -0.2) is 19.2 Å². The predicted molar refractivity (Wildman–Crippen MR) is 60.6 cm³/mol. The maximum absolute atomic E-state index is 5.51. The number of hydrogen-bond donors (Lipinski definition) is 0. The van der Waals surface area contributed by atoms with Gasteiger partial charge in [0.15, 0.2) is 5.51 Å². The highest BCUT2D eigenvalue weighted by molar-refractivity contribution is 7.07. The number of nitrogens with zero attached hydrogens (tertiary/aromatic N) is 1. The molecule has 0 saturated carbocycles. The van der Waals surface area contributed by atoms with E-state index < -0.39 is 0 Å². The van der Waals surface area contributed by atoms with Crippen molar-refractivity contribution in [2.75, 3.05) is 14.2 Å². The Bertz CT molecular complexity index is 434. The van der Waals surface area contributed by atoms with Crippen molar-refractivity contribution in [2.45, 2.75) is 0 Å². The lowest BCUT2D eigenvalue weighted by Gasteiger charge is -2.07. The molecule has 5 heteroatoms. The molecule has 0 aliphatic rings. The monoisotopic (exact) mass is 236 g/mol. The summed E-state index contributed by atoms with van der Waals surface area (Å²) in [7, 11) is 3.18. The standard InChI is InChI=1S/C11H10NO3S/c1-13-8-3-9(14-2)5-10(4-8)15-11-6-16-7-12-11/h3-6H,1-2H3. The summed E-state index contributed by atoms with van der Waals surface area (Å²) in [6, 6.07) is 5.31. The molecule has 0 bridgehead atoms. The summed E-state index contributed by atoms with van der Waals surface area (Å²) in [5, 5.41) is 1.77. The Hall–Kier alpha value is -1.75. The highest BCUT2D eigenvalue weighted by Gasteiger charge is 2.04. The number of aromatic nitrogens is 1. The van der Waals surface area contributed by atoms with Gasteiger partial charge in [-0.05, 0) is 0 Å². The average Bonchev–Trinajstić information content (AvgIpc) is 2.81.